The SMILES string of the molecule is CCCC(=O)c1c(O)cc(OCC=C(C)COC(C)=O)cc1O. The molecule has 0 atom stereocenters. The molecule has 6 nitrogen and oxygen atoms in total. The van der Waals surface area contributed by atoms with Crippen LogP contribution in [-0.2, 0) is 9.53 Å². The number of hydrogen-bond donors (Lipinski definition) is 2. The molecular weight excluding hydrogens is 300 g/mol. The summed E-state index contributed by atoms with van der Waals surface area (Å²) in [6.07, 6.45) is 2.59. The first-order chi connectivity index (χ1) is 10.8. The minimum atomic E-state index is -0.360. The Hall–Kier alpha value is -2.50. The van der Waals surface area contributed by atoms with Crippen LogP contribution in [0, 0.1) is 0 Å². The molecule has 1 rings (SSSR count). The molecule has 126 valence electrons. The van der Waals surface area contributed by atoms with Crippen molar-refractivity contribution < 1.29 is 29.3 Å². The first-order valence-corrected chi connectivity index (χ1v) is 7.36. The molecule has 0 aliphatic rings. The summed E-state index contributed by atoms with van der Waals surface area (Å²) in [5.74, 6) is -1.05. The van der Waals surface area contributed by atoms with Gasteiger partial charge < -0.3 is 19.7 Å². The summed E-state index contributed by atoms with van der Waals surface area (Å²) in [6.45, 7) is 5.31. The number of Topliss-reactive ketones (excluding diaryl/α,β-unsaturated/α-hetero) is 1. The van der Waals surface area contributed by atoms with Gasteiger partial charge in [-0.3, -0.25) is 9.59 Å². The van der Waals surface area contributed by atoms with E-state index in [1.165, 1.54) is 19.1 Å². The van der Waals surface area contributed by atoms with Gasteiger partial charge in [-0.15, -0.1) is 0 Å². The molecule has 23 heavy (non-hydrogen) atoms. The van der Waals surface area contributed by atoms with E-state index in [4.69, 9.17) is 9.47 Å². The van der Waals surface area contributed by atoms with Crippen LogP contribution < -0.4 is 4.74 Å². The first-order valence-electron chi connectivity index (χ1n) is 7.36. The number of ether oxygens (including phenoxy) is 2. The summed E-state index contributed by atoms with van der Waals surface area (Å²) in [7, 11) is 0. The zero-order chi connectivity index (χ0) is 17.4. The van der Waals surface area contributed by atoms with Crippen LogP contribution in [0.1, 0.15) is 44.0 Å². The molecule has 0 bridgehead atoms. The van der Waals surface area contributed by atoms with Crippen LogP contribution in [0.4, 0.5) is 0 Å². The summed E-state index contributed by atoms with van der Waals surface area (Å²) in [5, 5.41) is 19.8. The van der Waals surface area contributed by atoms with Gasteiger partial charge in [0.1, 0.15) is 36.0 Å². The summed E-state index contributed by atoms with van der Waals surface area (Å²) in [5.41, 5.74) is 0.726. The van der Waals surface area contributed by atoms with Crippen molar-refractivity contribution in [3.63, 3.8) is 0 Å². The van der Waals surface area contributed by atoms with E-state index < -0.39 is 0 Å². The predicted octanol–water partition coefficient (Wildman–Crippen LogP) is 2.97. The van der Waals surface area contributed by atoms with E-state index in [1.54, 1.807) is 13.0 Å². The Balaban J connectivity index is 2.71. The van der Waals surface area contributed by atoms with Crippen LogP contribution in [0.3, 0.4) is 0 Å². The molecule has 0 radical (unpaired) electrons. The van der Waals surface area contributed by atoms with Gasteiger partial charge in [-0.25, -0.2) is 0 Å². The second kappa shape index (κ2) is 8.82. The molecule has 0 aromatic heterocycles. The molecule has 0 fully saturated rings. The van der Waals surface area contributed by atoms with Gasteiger partial charge in [-0.1, -0.05) is 6.92 Å². The van der Waals surface area contributed by atoms with Crippen LogP contribution in [0.5, 0.6) is 17.2 Å². The lowest BCUT2D eigenvalue weighted by molar-refractivity contribution is -0.139. The first kappa shape index (κ1) is 18.5. The van der Waals surface area contributed by atoms with E-state index in [1.807, 2.05) is 6.92 Å². The van der Waals surface area contributed by atoms with Crippen molar-refractivity contribution in [2.45, 2.75) is 33.6 Å². The summed E-state index contributed by atoms with van der Waals surface area (Å²) in [6, 6.07) is 2.58. The molecule has 1 aromatic rings. The Morgan fingerprint density at radius 2 is 1.78 bits per heavy atom. The Morgan fingerprint density at radius 1 is 1.17 bits per heavy atom. The highest BCUT2D eigenvalue weighted by Crippen LogP contribution is 2.33. The van der Waals surface area contributed by atoms with Crippen molar-refractivity contribution in [2.75, 3.05) is 13.2 Å². The zero-order valence-corrected chi connectivity index (χ0v) is 13.6. The molecule has 0 saturated heterocycles. The quantitative estimate of drug-likeness (QED) is 0.434. The summed E-state index contributed by atoms with van der Waals surface area (Å²) < 4.78 is 10.2. The molecule has 0 unspecified atom stereocenters. The largest absolute Gasteiger partial charge is 0.507 e. The third kappa shape index (κ3) is 6.02. The second-order valence-corrected chi connectivity index (χ2v) is 5.15. The van der Waals surface area contributed by atoms with E-state index in [0.29, 0.717) is 6.42 Å². The Morgan fingerprint density at radius 3 is 2.30 bits per heavy atom. The number of aromatic hydroxyl groups is 2. The average molecular weight is 322 g/mol. The molecule has 0 amide bonds. The Labute approximate surface area is 135 Å². The molecule has 0 saturated carbocycles. The highest BCUT2D eigenvalue weighted by atomic mass is 16.5. The highest BCUT2D eigenvalue weighted by molar-refractivity contribution is 6.01. The number of phenolic OH excluding ortho intramolecular Hbond substituents is 2. The second-order valence-electron chi connectivity index (χ2n) is 5.15. The Kier molecular flexibility index (Phi) is 7.12. The van der Waals surface area contributed by atoms with Gasteiger partial charge in [0.15, 0.2) is 5.78 Å². The average Bonchev–Trinajstić information content (AvgIpc) is 2.44. The van der Waals surface area contributed by atoms with Gasteiger partial charge in [0.05, 0.1) is 0 Å². The minimum absolute atomic E-state index is 0.0826. The number of benzene rings is 1. The standard InChI is InChI=1S/C17H22O6/c1-4-5-14(19)17-15(20)8-13(9-16(17)21)22-7-6-11(2)10-23-12(3)18/h6,8-9,20-21H,4-5,7,10H2,1-3H3. The topological polar surface area (TPSA) is 93.1 Å². The van der Waals surface area contributed by atoms with Crippen LogP contribution in [-0.4, -0.2) is 35.2 Å². The number of rotatable bonds is 8. The van der Waals surface area contributed by atoms with Gasteiger partial charge in [-0.05, 0) is 25.0 Å². The van der Waals surface area contributed by atoms with Gasteiger partial charge in [-0.2, -0.15) is 0 Å². The maximum absolute atomic E-state index is 11.8. The van der Waals surface area contributed by atoms with Gasteiger partial charge in [0, 0.05) is 25.5 Å². The molecule has 6 heteroatoms. The van der Waals surface area contributed by atoms with Crippen molar-refractivity contribution in [3.8, 4) is 17.2 Å². The lowest BCUT2D eigenvalue weighted by Crippen LogP contribution is -2.03. The summed E-state index contributed by atoms with van der Waals surface area (Å²) in [4.78, 5) is 22.5. The van der Waals surface area contributed by atoms with E-state index in [9.17, 15) is 19.8 Å². The third-order valence-corrected chi connectivity index (χ3v) is 3.01. The third-order valence-electron chi connectivity index (χ3n) is 3.01. The van der Waals surface area contributed by atoms with Gasteiger partial charge >= 0.3 is 5.97 Å². The number of carbonyl (C=O) groups is 2. The van der Waals surface area contributed by atoms with Crippen LogP contribution >= 0.6 is 0 Å². The number of ketones is 1. The fourth-order valence-electron chi connectivity index (χ4n) is 1.86. The van der Waals surface area contributed by atoms with Crippen molar-refractivity contribution in [1.29, 1.82) is 0 Å². The van der Waals surface area contributed by atoms with Crippen LogP contribution in [0.15, 0.2) is 23.8 Å². The van der Waals surface area contributed by atoms with Crippen molar-refractivity contribution in [2.24, 2.45) is 0 Å². The molecule has 1 aromatic carbocycles. The number of hydrogen-bond acceptors (Lipinski definition) is 6. The number of carbonyl (C=O) groups excluding carboxylic acids is 2. The normalized spacial score (nSPS) is 11.2. The molecular formula is C17H22O6. The van der Waals surface area contributed by atoms with Gasteiger partial charge in [0.2, 0.25) is 0 Å². The smallest absolute Gasteiger partial charge is 0.302 e. The lowest BCUT2D eigenvalue weighted by Gasteiger charge is -2.10. The van der Waals surface area contributed by atoms with Gasteiger partial charge in [0.25, 0.3) is 0 Å². The number of phenols is 2. The summed E-state index contributed by atoms with van der Waals surface area (Å²) >= 11 is 0. The van der Waals surface area contributed by atoms with E-state index >= 15 is 0 Å². The molecule has 0 heterocycles. The maximum atomic E-state index is 11.8. The van der Waals surface area contributed by atoms with E-state index in [2.05, 4.69) is 0 Å². The van der Waals surface area contributed by atoms with Crippen LogP contribution in [0.2, 0.25) is 0 Å². The fraction of sp³-hybridized carbons (Fsp3) is 0.412. The van der Waals surface area contributed by atoms with Crippen molar-refractivity contribution in [3.05, 3.63) is 29.3 Å². The minimum Gasteiger partial charge on any atom is -0.507 e. The number of esters is 1. The van der Waals surface area contributed by atoms with Crippen LogP contribution in [0.25, 0.3) is 0 Å². The monoisotopic (exact) mass is 322 g/mol. The molecule has 2 N–H and O–H groups in total. The van der Waals surface area contributed by atoms with Crippen molar-refractivity contribution >= 4 is 11.8 Å². The van der Waals surface area contributed by atoms with E-state index in [-0.39, 0.29) is 54.2 Å². The molecule has 0 spiro atoms. The van der Waals surface area contributed by atoms with E-state index in [0.717, 1.165) is 5.57 Å². The Bertz CT molecular complexity index is 580. The maximum Gasteiger partial charge on any atom is 0.302 e. The molecule has 0 aliphatic heterocycles. The lowest BCUT2D eigenvalue weighted by atomic mass is 10.0. The predicted molar refractivity (Wildman–Crippen MR) is 84.9 cm³/mol. The zero-order valence-electron chi connectivity index (χ0n) is 13.6. The highest BCUT2D eigenvalue weighted by Gasteiger charge is 2.17. The fourth-order valence-corrected chi connectivity index (χ4v) is 1.86. The molecule has 0 aliphatic carbocycles. The van der Waals surface area contributed by atoms with Crippen molar-refractivity contribution in [1.82, 2.24) is 0 Å².